The van der Waals surface area contributed by atoms with E-state index in [0.717, 1.165) is 25.5 Å². The van der Waals surface area contributed by atoms with E-state index in [9.17, 15) is 0 Å². The van der Waals surface area contributed by atoms with Crippen LogP contribution in [0.3, 0.4) is 0 Å². The van der Waals surface area contributed by atoms with Gasteiger partial charge in [0.25, 0.3) is 0 Å². The molecule has 0 amide bonds. The Morgan fingerprint density at radius 3 is 3.11 bits per heavy atom. The molecule has 18 heavy (non-hydrogen) atoms. The molecule has 1 saturated heterocycles. The molecule has 1 aliphatic rings. The van der Waals surface area contributed by atoms with Crippen LogP contribution in [0.2, 0.25) is 0 Å². The van der Waals surface area contributed by atoms with E-state index in [1.54, 1.807) is 0 Å². The Labute approximate surface area is 111 Å². The molecule has 2 rings (SSSR count). The van der Waals surface area contributed by atoms with Gasteiger partial charge in [-0.25, -0.2) is 4.98 Å². The Balaban J connectivity index is 2.03. The molecule has 0 aromatic carbocycles. The Bertz CT molecular complexity index is 365. The first kappa shape index (κ1) is 13.3. The molecule has 0 spiro atoms. The highest BCUT2D eigenvalue weighted by Gasteiger charge is 2.22. The van der Waals surface area contributed by atoms with E-state index in [1.807, 2.05) is 6.20 Å². The molecule has 1 atom stereocenters. The number of pyridine rings is 1. The molecule has 0 radical (unpaired) electrons. The van der Waals surface area contributed by atoms with Crippen LogP contribution in [0.5, 0.6) is 0 Å². The molecule has 0 aliphatic carbocycles. The number of hydrogen-bond acceptors (Lipinski definition) is 3. The quantitative estimate of drug-likeness (QED) is 0.811. The number of nitrogens with zero attached hydrogens (tertiary/aromatic N) is 2. The second kappa shape index (κ2) is 6.74. The number of rotatable bonds is 5. The third-order valence-electron chi connectivity index (χ3n) is 3.63. The fourth-order valence-corrected chi connectivity index (χ4v) is 2.64. The van der Waals surface area contributed by atoms with Crippen LogP contribution < -0.4 is 10.2 Å². The van der Waals surface area contributed by atoms with Gasteiger partial charge < -0.3 is 10.2 Å². The van der Waals surface area contributed by atoms with Gasteiger partial charge >= 0.3 is 0 Å². The number of anilines is 1. The highest BCUT2D eigenvalue weighted by molar-refractivity contribution is 5.42. The van der Waals surface area contributed by atoms with Crippen LogP contribution in [0.1, 0.15) is 38.2 Å². The fourth-order valence-electron chi connectivity index (χ4n) is 2.64. The molecule has 3 heteroatoms. The summed E-state index contributed by atoms with van der Waals surface area (Å²) in [7, 11) is 0. The summed E-state index contributed by atoms with van der Waals surface area (Å²) in [5.74, 6) is 1.15. The van der Waals surface area contributed by atoms with Gasteiger partial charge in [0, 0.05) is 25.3 Å². The molecule has 1 N–H and O–H groups in total. The van der Waals surface area contributed by atoms with Crippen LogP contribution in [-0.2, 0) is 0 Å². The normalized spacial score (nSPS) is 20.1. The molecule has 1 aromatic heterocycles. The molecule has 0 saturated carbocycles. The third-order valence-corrected chi connectivity index (χ3v) is 3.63. The zero-order valence-electron chi connectivity index (χ0n) is 11.7. The number of aryl methyl sites for hydroxylation is 1. The van der Waals surface area contributed by atoms with Crippen LogP contribution in [0.25, 0.3) is 0 Å². The first-order valence-corrected chi connectivity index (χ1v) is 7.21. The van der Waals surface area contributed by atoms with Gasteiger partial charge in [-0.1, -0.05) is 6.92 Å². The monoisotopic (exact) mass is 247 g/mol. The molecular weight excluding hydrogens is 222 g/mol. The van der Waals surface area contributed by atoms with E-state index >= 15 is 0 Å². The van der Waals surface area contributed by atoms with E-state index in [-0.39, 0.29) is 0 Å². The first-order chi connectivity index (χ1) is 8.81. The summed E-state index contributed by atoms with van der Waals surface area (Å²) < 4.78 is 0. The summed E-state index contributed by atoms with van der Waals surface area (Å²) >= 11 is 0. The largest absolute Gasteiger partial charge is 0.352 e. The minimum Gasteiger partial charge on any atom is -0.352 e. The van der Waals surface area contributed by atoms with Gasteiger partial charge in [-0.05, 0) is 56.8 Å². The van der Waals surface area contributed by atoms with E-state index in [2.05, 4.69) is 41.2 Å². The maximum atomic E-state index is 4.54. The van der Waals surface area contributed by atoms with E-state index in [0.29, 0.717) is 6.04 Å². The van der Waals surface area contributed by atoms with Crippen molar-refractivity contribution in [3.8, 4) is 0 Å². The molecule has 1 fully saturated rings. The van der Waals surface area contributed by atoms with Crippen LogP contribution >= 0.6 is 0 Å². The lowest BCUT2D eigenvalue weighted by atomic mass is 10.0. The number of aromatic nitrogens is 1. The Morgan fingerprint density at radius 2 is 2.33 bits per heavy atom. The van der Waals surface area contributed by atoms with Crippen LogP contribution in [0, 0.1) is 6.92 Å². The average Bonchev–Trinajstić information content (AvgIpc) is 2.40. The van der Waals surface area contributed by atoms with Crippen molar-refractivity contribution in [2.24, 2.45) is 0 Å². The van der Waals surface area contributed by atoms with E-state index < -0.39 is 0 Å². The van der Waals surface area contributed by atoms with Crippen molar-refractivity contribution in [1.29, 1.82) is 0 Å². The summed E-state index contributed by atoms with van der Waals surface area (Å²) in [5, 5.41) is 3.55. The van der Waals surface area contributed by atoms with Crippen molar-refractivity contribution in [3.05, 3.63) is 23.9 Å². The van der Waals surface area contributed by atoms with Crippen molar-refractivity contribution in [1.82, 2.24) is 10.3 Å². The lowest BCUT2D eigenvalue weighted by Gasteiger charge is -2.37. The standard InChI is InChI=1S/C15H25N3/c1-3-8-16-12-14-6-4-5-10-18(14)15-11-13(2)7-9-17-15/h7,9,11,14,16H,3-6,8,10,12H2,1-2H3. The smallest absolute Gasteiger partial charge is 0.129 e. The summed E-state index contributed by atoms with van der Waals surface area (Å²) in [6, 6.07) is 4.88. The van der Waals surface area contributed by atoms with Gasteiger partial charge in [-0.2, -0.15) is 0 Å². The van der Waals surface area contributed by atoms with E-state index in [1.165, 1.54) is 31.2 Å². The predicted molar refractivity (Wildman–Crippen MR) is 77.1 cm³/mol. The molecule has 1 aromatic rings. The molecule has 3 nitrogen and oxygen atoms in total. The summed E-state index contributed by atoms with van der Waals surface area (Å²) in [4.78, 5) is 7.03. The van der Waals surface area contributed by atoms with Gasteiger partial charge in [0.1, 0.15) is 5.82 Å². The van der Waals surface area contributed by atoms with Crippen molar-refractivity contribution in [2.45, 2.75) is 45.6 Å². The molecule has 100 valence electrons. The minimum atomic E-state index is 0.611. The third kappa shape index (κ3) is 3.45. The Hall–Kier alpha value is -1.09. The highest BCUT2D eigenvalue weighted by Crippen LogP contribution is 2.23. The number of piperidine rings is 1. The summed E-state index contributed by atoms with van der Waals surface area (Å²) in [5.41, 5.74) is 1.30. The van der Waals surface area contributed by atoms with Crippen molar-refractivity contribution >= 4 is 5.82 Å². The SMILES string of the molecule is CCCNCC1CCCCN1c1cc(C)ccn1. The highest BCUT2D eigenvalue weighted by atomic mass is 15.2. The van der Waals surface area contributed by atoms with Crippen LogP contribution in [0.4, 0.5) is 5.82 Å². The topological polar surface area (TPSA) is 28.2 Å². The van der Waals surface area contributed by atoms with Gasteiger partial charge in [0.15, 0.2) is 0 Å². The zero-order valence-corrected chi connectivity index (χ0v) is 11.7. The summed E-state index contributed by atoms with van der Waals surface area (Å²) in [6.07, 6.45) is 7.05. The lowest BCUT2D eigenvalue weighted by Crippen LogP contribution is -2.46. The minimum absolute atomic E-state index is 0.611. The van der Waals surface area contributed by atoms with Gasteiger partial charge in [0.05, 0.1) is 0 Å². The van der Waals surface area contributed by atoms with Crippen molar-refractivity contribution < 1.29 is 0 Å². The van der Waals surface area contributed by atoms with Gasteiger partial charge in [-0.3, -0.25) is 0 Å². The second-order valence-corrected chi connectivity index (χ2v) is 5.24. The molecular formula is C15H25N3. The van der Waals surface area contributed by atoms with Gasteiger partial charge in [0.2, 0.25) is 0 Å². The predicted octanol–water partition coefficient (Wildman–Crippen LogP) is 2.75. The van der Waals surface area contributed by atoms with E-state index in [4.69, 9.17) is 0 Å². The Kier molecular flexibility index (Phi) is 5.00. The summed E-state index contributed by atoms with van der Waals surface area (Å²) in [6.45, 7) is 7.71. The molecule has 2 heterocycles. The van der Waals surface area contributed by atoms with Crippen LogP contribution in [-0.4, -0.2) is 30.7 Å². The molecule has 1 aliphatic heterocycles. The number of nitrogens with one attached hydrogen (secondary N) is 1. The lowest BCUT2D eigenvalue weighted by molar-refractivity contribution is 0.433. The fraction of sp³-hybridized carbons (Fsp3) is 0.667. The molecule has 1 unspecified atom stereocenters. The zero-order chi connectivity index (χ0) is 12.8. The van der Waals surface area contributed by atoms with Crippen molar-refractivity contribution in [3.63, 3.8) is 0 Å². The number of hydrogen-bond donors (Lipinski definition) is 1. The van der Waals surface area contributed by atoms with Gasteiger partial charge in [-0.15, -0.1) is 0 Å². The second-order valence-electron chi connectivity index (χ2n) is 5.24. The maximum Gasteiger partial charge on any atom is 0.129 e. The molecule has 0 bridgehead atoms. The van der Waals surface area contributed by atoms with Crippen molar-refractivity contribution in [2.75, 3.05) is 24.5 Å². The Morgan fingerprint density at radius 1 is 1.44 bits per heavy atom. The average molecular weight is 247 g/mol. The first-order valence-electron chi connectivity index (χ1n) is 7.21. The maximum absolute atomic E-state index is 4.54. The van der Waals surface area contributed by atoms with Crippen LogP contribution in [0.15, 0.2) is 18.3 Å².